The number of aromatic nitrogens is 1. The largest absolute Gasteiger partial charge is 0.497 e. The zero-order valence-electron chi connectivity index (χ0n) is 13.4. The van der Waals surface area contributed by atoms with Gasteiger partial charge in [-0.3, -0.25) is 0 Å². The van der Waals surface area contributed by atoms with Crippen LogP contribution in [-0.4, -0.2) is 12.1 Å². The van der Waals surface area contributed by atoms with Crippen LogP contribution in [0.4, 0.5) is 0 Å². The molecule has 0 fully saturated rings. The van der Waals surface area contributed by atoms with E-state index < -0.39 is 0 Å². The normalized spacial score (nSPS) is 10.7. The molecule has 4 heteroatoms. The molecule has 1 N–H and O–H groups in total. The fourth-order valence-corrected chi connectivity index (χ4v) is 2.41. The number of hydrogen-bond donors (Lipinski definition) is 1. The first kappa shape index (κ1) is 15.3. The van der Waals surface area contributed by atoms with Crippen LogP contribution in [0.25, 0.3) is 11.5 Å². The average molecular weight is 308 g/mol. The third-order valence-electron chi connectivity index (χ3n) is 3.61. The number of oxazole rings is 1. The molecule has 0 atom stereocenters. The van der Waals surface area contributed by atoms with Crippen LogP contribution in [0, 0.1) is 6.92 Å². The molecular weight excluding hydrogens is 288 g/mol. The molecule has 0 radical (unpaired) electrons. The first-order valence-electron chi connectivity index (χ1n) is 7.60. The molecule has 0 aliphatic heterocycles. The number of nitrogens with one attached hydrogen (secondary N) is 1. The molecule has 0 aliphatic rings. The highest BCUT2D eigenvalue weighted by Gasteiger charge is 2.06. The molecule has 4 nitrogen and oxygen atoms in total. The molecule has 0 bridgehead atoms. The van der Waals surface area contributed by atoms with Crippen molar-refractivity contribution in [1.82, 2.24) is 10.3 Å². The highest BCUT2D eigenvalue weighted by molar-refractivity contribution is 5.54. The van der Waals surface area contributed by atoms with E-state index in [-0.39, 0.29) is 0 Å². The van der Waals surface area contributed by atoms with Crippen LogP contribution in [0.1, 0.15) is 16.8 Å². The summed E-state index contributed by atoms with van der Waals surface area (Å²) in [7, 11) is 1.65. The second-order valence-corrected chi connectivity index (χ2v) is 5.47. The predicted octanol–water partition coefficient (Wildman–Crippen LogP) is 3.95. The van der Waals surface area contributed by atoms with Crippen molar-refractivity contribution in [2.45, 2.75) is 20.0 Å². The van der Waals surface area contributed by atoms with Crippen LogP contribution in [0.3, 0.4) is 0 Å². The molecule has 0 aliphatic carbocycles. The van der Waals surface area contributed by atoms with E-state index in [9.17, 15) is 0 Å². The van der Waals surface area contributed by atoms with E-state index in [1.165, 1.54) is 11.1 Å². The van der Waals surface area contributed by atoms with Crippen molar-refractivity contribution >= 4 is 0 Å². The first-order valence-corrected chi connectivity index (χ1v) is 7.60. The summed E-state index contributed by atoms with van der Waals surface area (Å²) in [6.45, 7) is 3.59. The van der Waals surface area contributed by atoms with E-state index in [4.69, 9.17) is 9.15 Å². The van der Waals surface area contributed by atoms with E-state index in [1.54, 1.807) is 13.4 Å². The summed E-state index contributed by atoms with van der Waals surface area (Å²) >= 11 is 0. The van der Waals surface area contributed by atoms with Crippen molar-refractivity contribution < 1.29 is 9.15 Å². The summed E-state index contributed by atoms with van der Waals surface area (Å²) in [5.41, 5.74) is 4.37. The summed E-state index contributed by atoms with van der Waals surface area (Å²) in [4.78, 5) is 4.51. The summed E-state index contributed by atoms with van der Waals surface area (Å²) in [6.07, 6.45) is 1.70. The fourth-order valence-electron chi connectivity index (χ4n) is 2.41. The van der Waals surface area contributed by atoms with Gasteiger partial charge < -0.3 is 14.5 Å². The van der Waals surface area contributed by atoms with Gasteiger partial charge in [-0.05, 0) is 36.8 Å². The highest BCUT2D eigenvalue weighted by Crippen LogP contribution is 2.21. The smallest absolute Gasteiger partial charge is 0.226 e. The van der Waals surface area contributed by atoms with Crippen molar-refractivity contribution in [3.05, 3.63) is 71.6 Å². The third-order valence-corrected chi connectivity index (χ3v) is 3.61. The van der Waals surface area contributed by atoms with Gasteiger partial charge in [0, 0.05) is 18.7 Å². The van der Waals surface area contributed by atoms with Gasteiger partial charge in [-0.2, -0.15) is 0 Å². The molecule has 1 aromatic heterocycles. The van der Waals surface area contributed by atoms with Gasteiger partial charge >= 0.3 is 0 Å². The topological polar surface area (TPSA) is 47.3 Å². The third kappa shape index (κ3) is 3.99. The standard InChI is InChI=1S/C19H20N2O2/c1-14-4-3-5-15(10-14)11-20-12-17-13-23-19(21-17)16-6-8-18(22-2)9-7-16/h3-10,13,20H,11-12H2,1-2H3. The average Bonchev–Trinajstić information content (AvgIpc) is 3.04. The predicted molar refractivity (Wildman–Crippen MR) is 90.2 cm³/mol. The lowest BCUT2D eigenvalue weighted by Crippen LogP contribution is -2.12. The minimum absolute atomic E-state index is 0.625. The Bertz CT molecular complexity index is 763. The van der Waals surface area contributed by atoms with E-state index in [2.05, 4.69) is 41.5 Å². The van der Waals surface area contributed by atoms with Gasteiger partial charge in [0.1, 0.15) is 12.0 Å². The maximum absolute atomic E-state index is 5.55. The molecule has 118 valence electrons. The Morgan fingerprint density at radius 1 is 1.09 bits per heavy atom. The molecule has 23 heavy (non-hydrogen) atoms. The molecule has 0 saturated heterocycles. The van der Waals surface area contributed by atoms with Gasteiger partial charge in [0.25, 0.3) is 0 Å². The molecular formula is C19H20N2O2. The lowest BCUT2D eigenvalue weighted by Gasteiger charge is -2.03. The molecule has 0 spiro atoms. The zero-order valence-corrected chi connectivity index (χ0v) is 13.4. The summed E-state index contributed by atoms with van der Waals surface area (Å²) in [5, 5.41) is 3.39. The number of nitrogens with zero attached hydrogens (tertiary/aromatic N) is 1. The molecule has 0 unspecified atom stereocenters. The van der Waals surface area contributed by atoms with E-state index in [0.29, 0.717) is 12.4 Å². The molecule has 3 rings (SSSR count). The Balaban J connectivity index is 1.58. The van der Waals surface area contributed by atoms with Crippen molar-refractivity contribution in [3.63, 3.8) is 0 Å². The number of benzene rings is 2. The lowest BCUT2D eigenvalue weighted by atomic mass is 10.1. The molecule has 0 amide bonds. The van der Waals surface area contributed by atoms with E-state index >= 15 is 0 Å². The molecule has 0 saturated carbocycles. The van der Waals surface area contributed by atoms with Crippen LogP contribution >= 0.6 is 0 Å². The van der Waals surface area contributed by atoms with Crippen LogP contribution < -0.4 is 10.1 Å². The monoisotopic (exact) mass is 308 g/mol. The number of aryl methyl sites for hydroxylation is 1. The van der Waals surface area contributed by atoms with Gasteiger partial charge in [0.15, 0.2) is 0 Å². The number of rotatable bonds is 6. The van der Waals surface area contributed by atoms with E-state index in [1.807, 2.05) is 24.3 Å². The van der Waals surface area contributed by atoms with Gasteiger partial charge in [-0.15, -0.1) is 0 Å². The van der Waals surface area contributed by atoms with E-state index in [0.717, 1.165) is 23.6 Å². The van der Waals surface area contributed by atoms with Crippen molar-refractivity contribution in [2.24, 2.45) is 0 Å². The Morgan fingerprint density at radius 2 is 1.91 bits per heavy atom. The Kier molecular flexibility index (Phi) is 4.74. The van der Waals surface area contributed by atoms with Crippen LogP contribution in [0.15, 0.2) is 59.2 Å². The summed E-state index contributed by atoms with van der Waals surface area (Å²) < 4.78 is 10.7. The Labute approximate surface area is 136 Å². The Hall–Kier alpha value is -2.59. The lowest BCUT2D eigenvalue weighted by molar-refractivity contribution is 0.415. The second-order valence-electron chi connectivity index (χ2n) is 5.47. The quantitative estimate of drug-likeness (QED) is 0.749. The zero-order chi connectivity index (χ0) is 16.1. The van der Waals surface area contributed by atoms with Crippen LogP contribution in [0.2, 0.25) is 0 Å². The van der Waals surface area contributed by atoms with Crippen molar-refractivity contribution in [2.75, 3.05) is 7.11 Å². The first-order chi connectivity index (χ1) is 11.2. The van der Waals surface area contributed by atoms with Crippen LogP contribution in [0.5, 0.6) is 5.75 Å². The molecule has 2 aromatic carbocycles. The Morgan fingerprint density at radius 3 is 2.65 bits per heavy atom. The van der Waals surface area contributed by atoms with Gasteiger partial charge in [-0.1, -0.05) is 29.8 Å². The maximum atomic E-state index is 5.55. The maximum Gasteiger partial charge on any atom is 0.226 e. The number of hydrogen-bond acceptors (Lipinski definition) is 4. The molecule has 3 aromatic rings. The van der Waals surface area contributed by atoms with Crippen LogP contribution in [-0.2, 0) is 13.1 Å². The number of ether oxygens (including phenoxy) is 1. The van der Waals surface area contributed by atoms with Gasteiger partial charge in [0.2, 0.25) is 5.89 Å². The minimum Gasteiger partial charge on any atom is -0.497 e. The molecule has 1 heterocycles. The van der Waals surface area contributed by atoms with Gasteiger partial charge in [0.05, 0.1) is 12.8 Å². The van der Waals surface area contributed by atoms with Gasteiger partial charge in [-0.25, -0.2) is 4.98 Å². The highest BCUT2D eigenvalue weighted by atomic mass is 16.5. The summed E-state index contributed by atoms with van der Waals surface area (Å²) in [6, 6.07) is 16.1. The minimum atomic E-state index is 0.625. The second kappa shape index (κ2) is 7.11. The summed E-state index contributed by atoms with van der Waals surface area (Å²) in [5.74, 6) is 1.44. The van der Waals surface area contributed by atoms with Crippen molar-refractivity contribution in [3.8, 4) is 17.2 Å². The fraction of sp³-hybridized carbons (Fsp3) is 0.211. The SMILES string of the molecule is COc1ccc(-c2nc(CNCc3cccc(C)c3)co2)cc1. The number of methoxy groups -OCH3 is 1. The van der Waals surface area contributed by atoms with Crippen molar-refractivity contribution in [1.29, 1.82) is 0 Å².